The van der Waals surface area contributed by atoms with Crippen LogP contribution in [0.1, 0.15) is 206 Å². The first-order valence-electron chi connectivity index (χ1n) is 26.6. The van der Waals surface area contributed by atoms with E-state index in [1.165, 1.54) is 96.3 Å². The van der Waals surface area contributed by atoms with Crippen molar-refractivity contribution in [3.8, 4) is 0 Å². The number of phosphoric ester groups is 1. The molecule has 3 atom stereocenters. The summed E-state index contributed by atoms with van der Waals surface area (Å²) in [7, 11) is 1.53. The van der Waals surface area contributed by atoms with Gasteiger partial charge in [0.1, 0.15) is 13.2 Å². The highest BCUT2D eigenvalue weighted by Crippen LogP contribution is 2.43. The first-order chi connectivity index (χ1) is 32.0. The summed E-state index contributed by atoms with van der Waals surface area (Å²) in [5.74, 6) is -0.200. The van der Waals surface area contributed by atoms with Crippen LogP contribution >= 0.6 is 7.82 Å². The van der Waals surface area contributed by atoms with Gasteiger partial charge in [0.2, 0.25) is 5.91 Å². The van der Waals surface area contributed by atoms with Crippen molar-refractivity contribution in [2.24, 2.45) is 0 Å². The second-order valence-corrected chi connectivity index (χ2v) is 20.3. The second-order valence-electron chi connectivity index (χ2n) is 18.9. The van der Waals surface area contributed by atoms with Crippen LogP contribution in [0.4, 0.5) is 0 Å². The maximum atomic E-state index is 12.9. The van der Waals surface area contributed by atoms with Crippen molar-refractivity contribution in [3.63, 3.8) is 0 Å². The SMILES string of the molecule is CC/C=C\C/C=C\C/C=C\C/C=C\C/C=C\C/C=C\CCCCCCCCCCC(=O)NC(COP(=O)(O)OCC[N+](C)(C)C)C(O)/C=C/CC/C=C/CCCCCCCCCCCCC. The minimum atomic E-state index is -4.36. The molecule has 380 valence electrons. The Morgan fingerprint density at radius 1 is 0.530 bits per heavy atom. The molecule has 0 aromatic carbocycles. The number of hydrogen-bond donors (Lipinski definition) is 3. The lowest BCUT2D eigenvalue weighted by atomic mass is 10.1. The highest BCUT2D eigenvalue weighted by atomic mass is 31.2. The van der Waals surface area contributed by atoms with Gasteiger partial charge in [-0.1, -0.05) is 214 Å². The molecular weight excluding hydrogens is 840 g/mol. The first kappa shape index (κ1) is 63.4. The number of carbonyl (C=O) groups is 1. The number of nitrogens with one attached hydrogen (secondary N) is 1. The average molecular weight is 942 g/mol. The number of nitrogens with zero attached hydrogens (tertiary/aromatic N) is 1. The molecule has 0 spiro atoms. The van der Waals surface area contributed by atoms with Gasteiger partial charge >= 0.3 is 7.82 Å². The summed E-state index contributed by atoms with van der Waals surface area (Å²) in [6.07, 6.45) is 67.8. The predicted molar refractivity (Wildman–Crippen MR) is 286 cm³/mol. The minimum absolute atomic E-state index is 0.0495. The number of amides is 1. The quantitative estimate of drug-likeness (QED) is 0.0243. The van der Waals surface area contributed by atoms with Crippen molar-refractivity contribution in [2.45, 2.75) is 219 Å². The van der Waals surface area contributed by atoms with Gasteiger partial charge in [-0.15, -0.1) is 0 Å². The van der Waals surface area contributed by atoms with Crippen LogP contribution in [0.3, 0.4) is 0 Å². The molecule has 3 N–H and O–H groups in total. The number of likely N-dealkylation sites (N-methyl/N-ethyl adjacent to an activating group) is 1. The molecule has 8 nitrogen and oxygen atoms in total. The maximum Gasteiger partial charge on any atom is 0.472 e. The van der Waals surface area contributed by atoms with E-state index >= 15 is 0 Å². The molecule has 0 aromatic rings. The van der Waals surface area contributed by atoms with Gasteiger partial charge in [0.05, 0.1) is 39.9 Å². The smallest absolute Gasteiger partial charge is 0.387 e. The highest BCUT2D eigenvalue weighted by Gasteiger charge is 2.27. The van der Waals surface area contributed by atoms with E-state index in [1.54, 1.807) is 6.08 Å². The lowest BCUT2D eigenvalue weighted by molar-refractivity contribution is -0.870. The Hall–Kier alpha value is -2.58. The van der Waals surface area contributed by atoms with E-state index in [9.17, 15) is 19.4 Å². The summed E-state index contributed by atoms with van der Waals surface area (Å²) in [4.78, 5) is 23.2. The van der Waals surface area contributed by atoms with Gasteiger partial charge in [-0.05, 0) is 83.5 Å². The van der Waals surface area contributed by atoms with Crippen molar-refractivity contribution in [3.05, 3.63) is 97.2 Å². The van der Waals surface area contributed by atoms with E-state index in [2.05, 4.69) is 104 Å². The van der Waals surface area contributed by atoms with Crippen LogP contribution in [-0.2, 0) is 18.4 Å². The minimum Gasteiger partial charge on any atom is -0.387 e. The number of quaternary nitrogens is 1. The van der Waals surface area contributed by atoms with Crippen LogP contribution in [0.5, 0.6) is 0 Å². The van der Waals surface area contributed by atoms with Gasteiger partial charge in [-0.25, -0.2) is 4.57 Å². The van der Waals surface area contributed by atoms with Crippen LogP contribution < -0.4 is 5.32 Å². The van der Waals surface area contributed by atoms with Crippen molar-refractivity contribution >= 4 is 13.7 Å². The van der Waals surface area contributed by atoms with Gasteiger partial charge in [0, 0.05) is 6.42 Å². The zero-order chi connectivity index (χ0) is 48.5. The molecule has 9 heteroatoms. The molecule has 0 saturated heterocycles. The number of aliphatic hydroxyl groups is 1. The standard InChI is InChI=1S/C57H101N2O6P/c1-6-8-10-12-14-16-18-20-22-24-25-26-27-28-29-30-31-32-33-35-37-39-41-43-45-47-49-51-57(61)58-55(54-65-66(62,63)64-53-52-59(3,4)5)56(60)50-48-46-44-42-40-38-36-34-23-21-19-17-15-13-11-9-7-2/h8,10,14,16,20,22,25-26,28-29,31-32,40,42,48,50,55-56,60H,6-7,9,11-13,15,17-19,21,23-24,27,30,33-39,41,43-47,49,51-54H2,1-5H3,(H-,58,61,62,63)/p+1/b10-8-,16-14-,22-20-,26-25-,29-28-,32-31-,42-40+,50-48+. The molecule has 0 aromatic heterocycles. The second kappa shape index (κ2) is 47.5. The Bertz CT molecular complexity index is 1390. The van der Waals surface area contributed by atoms with E-state index in [4.69, 9.17) is 9.05 Å². The molecule has 0 aliphatic heterocycles. The van der Waals surface area contributed by atoms with Gasteiger partial charge in [0.15, 0.2) is 0 Å². The maximum absolute atomic E-state index is 12.9. The number of hydrogen-bond acceptors (Lipinski definition) is 5. The zero-order valence-electron chi connectivity index (χ0n) is 43.1. The average Bonchev–Trinajstić information content (AvgIpc) is 3.28. The van der Waals surface area contributed by atoms with E-state index < -0.39 is 20.0 Å². The van der Waals surface area contributed by atoms with Gasteiger partial charge < -0.3 is 19.8 Å². The summed E-state index contributed by atoms with van der Waals surface area (Å²) in [5, 5.41) is 13.9. The van der Waals surface area contributed by atoms with Crippen molar-refractivity contribution in [2.75, 3.05) is 40.9 Å². The topological polar surface area (TPSA) is 105 Å². The van der Waals surface area contributed by atoms with Crippen LogP contribution in [-0.4, -0.2) is 73.4 Å². The van der Waals surface area contributed by atoms with Crippen LogP contribution in [0, 0.1) is 0 Å². The van der Waals surface area contributed by atoms with Crippen LogP contribution in [0.15, 0.2) is 97.2 Å². The number of phosphoric acid groups is 1. The summed E-state index contributed by atoms with van der Waals surface area (Å²) >= 11 is 0. The number of carbonyl (C=O) groups excluding carboxylic acids is 1. The van der Waals surface area contributed by atoms with E-state index in [0.29, 0.717) is 17.4 Å². The lowest BCUT2D eigenvalue weighted by Gasteiger charge is -2.25. The predicted octanol–water partition coefficient (Wildman–Crippen LogP) is 15.9. The Morgan fingerprint density at radius 3 is 1.39 bits per heavy atom. The fourth-order valence-corrected chi connectivity index (χ4v) is 7.85. The molecule has 66 heavy (non-hydrogen) atoms. The van der Waals surface area contributed by atoms with Gasteiger partial charge in [-0.3, -0.25) is 13.8 Å². The fraction of sp³-hybridized carbons (Fsp3) is 0.702. The Morgan fingerprint density at radius 2 is 0.924 bits per heavy atom. The molecule has 1 amide bonds. The van der Waals surface area contributed by atoms with Crippen LogP contribution in [0.25, 0.3) is 0 Å². The number of aliphatic hydroxyl groups excluding tert-OH is 1. The number of unbranched alkanes of at least 4 members (excludes halogenated alkanes) is 20. The molecule has 0 aliphatic carbocycles. The third kappa shape index (κ3) is 49.3. The normalized spacial score (nSPS) is 14.8. The Kier molecular flexibility index (Phi) is 45.6. The molecule has 0 bridgehead atoms. The Balaban J connectivity index is 4.34. The molecule has 0 radical (unpaired) electrons. The fourth-order valence-electron chi connectivity index (χ4n) is 7.12. The largest absolute Gasteiger partial charge is 0.472 e. The molecule has 0 heterocycles. The molecule has 0 rings (SSSR count). The van der Waals surface area contributed by atoms with Crippen LogP contribution in [0.2, 0.25) is 0 Å². The Labute approximate surface area is 407 Å². The molecule has 0 aliphatic rings. The van der Waals surface area contributed by atoms with Crippen molar-refractivity contribution < 1.29 is 32.9 Å². The first-order valence-corrected chi connectivity index (χ1v) is 28.1. The molecule has 3 unspecified atom stereocenters. The lowest BCUT2D eigenvalue weighted by Crippen LogP contribution is -2.45. The molecule has 0 saturated carbocycles. The number of rotatable bonds is 47. The van der Waals surface area contributed by atoms with E-state index in [-0.39, 0.29) is 19.1 Å². The third-order valence-corrected chi connectivity index (χ3v) is 12.3. The van der Waals surface area contributed by atoms with Gasteiger partial charge in [0.25, 0.3) is 0 Å². The van der Waals surface area contributed by atoms with E-state index in [0.717, 1.165) is 89.9 Å². The van der Waals surface area contributed by atoms with E-state index in [1.807, 2.05) is 27.2 Å². The number of allylic oxidation sites excluding steroid dienone is 15. The molecule has 0 fully saturated rings. The van der Waals surface area contributed by atoms with Crippen molar-refractivity contribution in [1.82, 2.24) is 5.32 Å². The summed E-state index contributed by atoms with van der Waals surface area (Å²) in [6.45, 7) is 4.66. The zero-order valence-corrected chi connectivity index (χ0v) is 44.0. The highest BCUT2D eigenvalue weighted by molar-refractivity contribution is 7.47. The van der Waals surface area contributed by atoms with Gasteiger partial charge in [-0.2, -0.15) is 0 Å². The summed E-state index contributed by atoms with van der Waals surface area (Å²) in [6, 6.07) is -0.874. The summed E-state index contributed by atoms with van der Waals surface area (Å²) < 4.78 is 23.6. The molecular formula is C57H102N2O6P+. The monoisotopic (exact) mass is 942 g/mol. The van der Waals surface area contributed by atoms with Crippen molar-refractivity contribution in [1.29, 1.82) is 0 Å². The third-order valence-electron chi connectivity index (χ3n) is 11.3. The summed E-state index contributed by atoms with van der Waals surface area (Å²) in [5.41, 5.74) is 0.